The van der Waals surface area contributed by atoms with Crippen LogP contribution in [0.1, 0.15) is 5.82 Å². The molecule has 0 spiro atoms. The van der Waals surface area contributed by atoms with Crippen molar-refractivity contribution in [2.75, 3.05) is 4.72 Å². The summed E-state index contributed by atoms with van der Waals surface area (Å²) in [6.45, 7) is 0.338. The number of pyridine rings is 1. The molecule has 124 valence electrons. The fraction of sp³-hybridized carbons (Fsp3) is 0.125. The predicted octanol–water partition coefficient (Wildman–Crippen LogP) is 2.19. The fourth-order valence-electron chi connectivity index (χ4n) is 2.02. The monoisotopic (exact) mass is 344 g/mol. The maximum atomic E-state index is 12.2. The number of benzene rings is 1. The van der Waals surface area contributed by atoms with Crippen LogP contribution >= 0.6 is 0 Å². The van der Waals surface area contributed by atoms with Crippen molar-refractivity contribution in [3.8, 4) is 5.75 Å². The van der Waals surface area contributed by atoms with Gasteiger partial charge in [0.15, 0.2) is 0 Å². The Morgan fingerprint density at radius 3 is 2.58 bits per heavy atom. The topological polar surface area (TPSA) is 86.1 Å². The Morgan fingerprint density at radius 2 is 1.96 bits per heavy atom. The van der Waals surface area contributed by atoms with Gasteiger partial charge in [0, 0.05) is 37.5 Å². The van der Waals surface area contributed by atoms with E-state index < -0.39 is 10.0 Å². The molecular formula is C16H16N4O3S. The third kappa shape index (κ3) is 3.72. The zero-order valence-electron chi connectivity index (χ0n) is 13.0. The van der Waals surface area contributed by atoms with Crippen LogP contribution in [0.25, 0.3) is 0 Å². The fourth-order valence-corrected chi connectivity index (χ4v) is 3.04. The number of anilines is 1. The summed E-state index contributed by atoms with van der Waals surface area (Å²) in [4.78, 5) is 8.10. The van der Waals surface area contributed by atoms with Gasteiger partial charge in [-0.05, 0) is 36.4 Å². The van der Waals surface area contributed by atoms with Gasteiger partial charge < -0.3 is 9.30 Å². The summed E-state index contributed by atoms with van der Waals surface area (Å²) in [5.74, 6) is 1.43. The lowest BCUT2D eigenvalue weighted by atomic mass is 10.3. The molecule has 0 aliphatic rings. The first kappa shape index (κ1) is 16.0. The largest absolute Gasteiger partial charge is 0.486 e. The van der Waals surface area contributed by atoms with E-state index in [4.69, 9.17) is 4.74 Å². The molecule has 1 aromatic carbocycles. The number of nitrogens with one attached hydrogen (secondary N) is 1. The average Bonchev–Trinajstić information content (AvgIpc) is 3.00. The minimum absolute atomic E-state index is 0.111. The first-order chi connectivity index (χ1) is 11.5. The molecule has 3 aromatic rings. The van der Waals surface area contributed by atoms with E-state index in [1.807, 2.05) is 17.8 Å². The van der Waals surface area contributed by atoms with Gasteiger partial charge in [0.2, 0.25) is 0 Å². The molecule has 0 amide bonds. The van der Waals surface area contributed by atoms with Crippen molar-refractivity contribution in [1.82, 2.24) is 14.5 Å². The quantitative estimate of drug-likeness (QED) is 0.741. The number of aryl methyl sites for hydroxylation is 1. The number of hydrogen-bond donors (Lipinski definition) is 1. The summed E-state index contributed by atoms with van der Waals surface area (Å²) in [7, 11) is -1.76. The lowest BCUT2D eigenvalue weighted by Gasteiger charge is -2.09. The number of imidazole rings is 1. The molecule has 8 heteroatoms. The van der Waals surface area contributed by atoms with Gasteiger partial charge in [-0.2, -0.15) is 0 Å². The van der Waals surface area contributed by atoms with Gasteiger partial charge in [-0.1, -0.05) is 0 Å². The van der Waals surface area contributed by atoms with E-state index in [0.29, 0.717) is 18.0 Å². The summed E-state index contributed by atoms with van der Waals surface area (Å²) < 4.78 is 34.4. The van der Waals surface area contributed by atoms with Gasteiger partial charge in [0.05, 0.1) is 0 Å². The summed E-state index contributed by atoms with van der Waals surface area (Å²) in [6, 6.07) is 9.74. The Hall–Kier alpha value is -2.87. The molecule has 0 atom stereocenters. The van der Waals surface area contributed by atoms with Gasteiger partial charge in [-0.3, -0.25) is 9.71 Å². The third-order valence-corrected chi connectivity index (χ3v) is 4.71. The number of hydrogen-bond acceptors (Lipinski definition) is 5. The molecule has 0 bridgehead atoms. The number of rotatable bonds is 6. The van der Waals surface area contributed by atoms with Crippen molar-refractivity contribution in [2.45, 2.75) is 11.5 Å². The van der Waals surface area contributed by atoms with Crippen molar-refractivity contribution in [2.24, 2.45) is 7.05 Å². The summed E-state index contributed by atoms with van der Waals surface area (Å²) in [5.41, 5.74) is 0.447. The second-order valence-electron chi connectivity index (χ2n) is 5.06. The molecular weight excluding hydrogens is 328 g/mol. The molecule has 0 aliphatic carbocycles. The second kappa shape index (κ2) is 6.71. The first-order valence-electron chi connectivity index (χ1n) is 7.16. The lowest BCUT2D eigenvalue weighted by molar-refractivity contribution is 0.292. The van der Waals surface area contributed by atoms with Crippen LogP contribution in [0.15, 0.2) is 66.1 Å². The van der Waals surface area contributed by atoms with Crippen LogP contribution in [-0.2, 0) is 23.7 Å². The van der Waals surface area contributed by atoms with Crippen LogP contribution in [-0.4, -0.2) is 23.0 Å². The average molecular weight is 344 g/mol. The third-order valence-electron chi connectivity index (χ3n) is 3.34. The van der Waals surface area contributed by atoms with E-state index in [1.54, 1.807) is 36.5 Å². The molecule has 1 N–H and O–H groups in total. The molecule has 0 saturated heterocycles. The maximum absolute atomic E-state index is 12.2. The molecule has 0 radical (unpaired) electrons. The summed E-state index contributed by atoms with van der Waals surface area (Å²) >= 11 is 0. The highest BCUT2D eigenvalue weighted by Gasteiger charge is 2.13. The van der Waals surface area contributed by atoms with E-state index in [9.17, 15) is 8.42 Å². The Bertz CT molecular complexity index is 906. The van der Waals surface area contributed by atoms with Crippen LogP contribution < -0.4 is 9.46 Å². The maximum Gasteiger partial charge on any atom is 0.263 e. The van der Waals surface area contributed by atoms with Crippen LogP contribution in [0.2, 0.25) is 0 Å². The van der Waals surface area contributed by atoms with Crippen LogP contribution in [0.5, 0.6) is 5.75 Å². The molecule has 0 saturated carbocycles. The lowest BCUT2D eigenvalue weighted by Crippen LogP contribution is -2.13. The Kier molecular flexibility index (Phi) is 4.48. The van der Waals surface area contributed by atoms with E-state index in [-0.39, 0.29) is 4.90 Å². The van der Waals surface area contributed by atoms with Gasteiger partial charge >= 0.3 is 0 Å². The number of nitrogens with zero attached hydrogens (tertiary/aromatic N) is 3. The standard InChI is InChI=1S/C16H16N4O3S/c1-20-10-9-18-16(20)12-23-14-6-4-13(5-7-14)19-24(21,22)15-3-2-8-17-11-15/h2-11,19H,12H2,1H3. The van der Waals surface area contributed by atoms with Crippen LogP contribution in [0.4, 0.5) is 5.69 Å². The van der Waals surface area contributed by atoms with Gasteiger partial charge in [0.1, 0.15) is 23.1 Å². The van der Waals surface area contributed by atoms with Gasteiger partial charge in [-0.25, -0.2) is 13.4 Å². The second-order valence-corrected chi connectivity index (χ2v) is 6.74. The normalized spacial score (nSPS) is 11.2. The summed E-state index contributed by atoms with van der Waals surface area (Å²) in [6.07, 6.45) is 6.36. The van der Waals surface area contributed by atoms with Crippen LogP contribution in [0.3, 0.4) is 0 Å². The molecule has 7 nitrogen and oxygen atoms in total. The molecule has 0 unspecified atom stereocenters. The number of sulfonamides is 1. The zero-order chi connectivity index (χ0) is 17.0. The van der Waals surface area contributed by atoms with E-state index in [2.05, 4.69) is 14.7 Å². The highest BCUT2D eigenvalue weighted by atomic mass is 32.2. The van der Waals surface area contributed by atoms with Crippen molar-refractivity contribution in [3.05, 3.63) is 67.0 Å². The molecule has 2 aromatic heterocycles. The minimum Gasteiger partial charge on any atom is -0.486 e. The minimum atomic E-state index is -3.65. The van der Waals surface area contributed by atoms with E-state index in [1.165, 1.54) is 18.5 Å². The molecule has 2 heterocycles. The van der Waals surface area contributed by atoms with Gasteiger partial charge in [0.25, 0.3) is 10.0 Å². The SMILES string of the molecule is Cn1ccnc1COc1ccc(NS(=O)(=O)c2cccnc2)cc1. The first-order valence-corrected chi connectivity index (χ1v) is 8.65. The van der Waals surface area contributed by atoms with Crippen molar-refractivity contribution < 1.29 is 13.2 Å². The molecule has 3 rings (SSSR count). The zero-order valence-corrected chi connectivity index (χ0v) is 13.8. The Morgan fingerprint density at radius 1 is 1.17 bits per heavy atom. The predicted molar refractivity (Wildman–Crippen MR) is 89.0 cm³/mol. The Balaban J connectivity index is 1.65. The molecule has 0 aliphatic heterocycles. The van der Waals surface area contributed by atoms with E-state index >= 15 is 0 Å². The van der Waals surface area contributed by atoms with Gasteiger partial charge in [-0.15, -0.1) is 0 Å². The Labute approximate surface area is 140 Å². The van der Waals surface area contributed by atoms with Crippen LogP contribution in [0, 0.1) is 0 Å². The van der Waals surface area contributed by atoms with E-state index in [0.717, 1.165) is 5.82 Å². The highest BCUT2D eigenvalue weighted by Crippen LogP contribution is 2.19. The molecule has 24 heavy (non-hydrogen) atoms. The smallest absolute Gasteiger partial charge is 0.263 e. The summed E-state index contributed by atoms with van der Waals surface area (Å²) in [5, 5.41) is 0. The van der Waals surface area contributed by atoms with Crippen molar-refractivity contribution >= 4 is 15.7 Å². The van der Waals surface area contributed by atoms with Crippen molar-refractivity contribution in [1.29, 1.82) is 0 Å². The number of ether oxygens (including phenoxy) is 1. The molecule has 0 fully saturated rings. The van der Waals surface area contributed by atoms with Crippen molar-refractivity contribution in [3.63, 3.8) is 0 Å². The highest BCUT2D eigenvalue weighted by molar-refractivity contribution is 7.92. The number of aromatic nitrogens is 3.